The van der Waals surface area contributed by atoms with E-state index < -0.39 is 0 Å². The third-order valence-corrected chi connectivity index (χ3v) is 0.992. The van der Waals surface area contributed by atoms with Gasteiger partial charge in [-0.25, -0.2) is 6.08 Å². The van der Waals surface area contributed by atoms with Gasteiger partial charge in [0, 0.05) is 0 Å². The molecular formula is C8H7BrZn. The molecule has 0 nitrogen and oxygen atoms in total. The standard InChI is InChI=1S/C8H7.BrH.Zn/c1-2-8-6-4-3-5-7-8;;/h1-7H;1H;/q-1;;+2/p-1. The van der Waals surface area contributed by atoms with Crippen molar-refractivity contribution in [1.29, 1.82) is 0 Å². The Hall–Kier alpha value is 0.0634. The van der Waals surface area contributed by atoms with Crippen LogP contribution in [0.15, 0.2) is 30.3 Å². The second kappa shape index (κ2) is 7.17. The van der Waals surface area contributed by atoms with E-state index in [4.69, 9.17) is 6.58 Å². The average Bonchev–Trinajstić information content (AvgIpc) is 2.10. The first-order chi connectivity index (χ1) is 4.93. The van der Waals surface area contributed by atoms with Crippen molar-refractivity contribution in [2.45, 2.75) is 0 Å². The molecule has 0 fully saturated rings. The summed E-state index contributed by atoms with van der Waals surface area (Å²) in [5.74, 6) is 0. The second-order valence-corrected chi connectivity index (χ2v) is 1.58. The van der Waals surface area contributed by atoms with Gasteiger partial charge in [0.25, 0.3) is 0 Å². The van der Waals surface area contributed by atoms with Gasteiger partial charge in [0.2, 0.25) is 0 Å². The maximum absolute atomic E-state index is 5.22. The average molecular weight is 248 g/mol. The van der Waals surface area contributed by atoms with Crippen LogP contribution in [0.5, 0.6) is 0 Å². The summed E-state index contributed by atoms with van der Waals surface area (Å²) >= 11 is 4.25. The van der Waals surface area contributed by atoms with Crippen molar-refractivity contribution in [3.05, 3.63) is 42.5 Å². The molecule has 0 atom stereocenters. The number of hydrogen-bond donors (Lipinski definition) is 0. The summed E-state index contributed by atoms with van der Waals surface area (Å²) in [5, 5.41) is 0. The number of halogens is 1. The maximum atomic E-state index is 5.22. The molecule has 0 bridgehead atoms. The fourth-order valence-electron chi connectivity index (χ4n) is 0.564. The van der Waals surface area contributed by atoms with Crippen molar-refractivity contribution in [1.82, 2.24) is 0 Å². The molecule has 1 rings (SSSR count). The van der Waals surface area contributed by atoms with E-state index in [9.17, 15) is 0 Å². The van der Waals surface area contributed by atoms with E-state index in [0.717, 1.165) is 5.56 Å². The molecule has 0 saturated carbocycles. The van der Waals surface area contributed by atoms with Crippen LogP contribution in [0.1, 0.15) is 5.56 Å². The van der Waals surface area contributed by atoms with Crippen molar-refractivity contribution in [2.75, 3.05) is 0 Å². The minimum atomic E-state index is 1.06. The minimum absolute atomic E-state index is 1.06. The van der Waals surface area contributed by atoms with Crippen molar-refractivity contribution in [3.63, 3.8) is 0 Å². The van der Waals surface area contributed by atoms with Crippen molar-refractivity contribution in [2.24, 2.45) is 0 Å². The topological polar surface area (TPSA) is 0 Å². The Kier molecular flexibility index (Phi) is 7.22. The molecule has 1 aromatic carbocycles. The zero-order valence-electron chi connectivity index (χ0n) is 5.63. The van der Waals surface area contributed by atoms with E-state index in [2.05, 4.69) is 13.6 Å². The van der Waals surface area contributed by atoms with Crippen LogP contribution in [0, 0.1) is 6.58 Å². The number of hydrogen-bond acceptors (Lipinski definition) is 0. The summed E-state index contributed by atoms with van der Waals surface area (Å²) in [6.45, 7) is 5.22. The van der Waals surface area contributed by atoms with Crippen LogP contribution in [0.3, 0.4) is 0 Å². The normalized spacial score (nSPS) is 7.50. The predicted octanol–water partition coefficient (Wildman–Crippen LogP) is 2.98. The Morgan fingerprint density at radius 2 is 1.70 bits per heavy atom. The van der Waals surface area contributed by atoms with Gasteiger partial charge in [0.1, 0.15) is 0 Å². The molecular weight excluding hydrogens is 241 g/mol. The van der Waals surface area contributed by atoms with Gasteiger partial charge < -0.3 is 0 Å². The summed E-state index contributed by atoms with van der Waals surface area (Å²) < 4.78 is 0. The van der Waals surface area contributed by atoms with Gasteiger partial charge in [-0.2, -0.15) is 5.56 Å². The van der Waals surface area contributed by atoms with Gasteiger partial charge in [0.05, 0.1) is 0 Å². The number of benzene rings is 1. The first-order valence-corrected chi connectivity index (χ1v) is 9.75. The van der Waals surface area contributed by atoms with E-state index in [0.29, 0.717) is 0 Å². The summed E-state index contributed by atoms with van der Waals surface area (Å²) in [4.78, 5) is 0. The molecule has 0 aliphatic rings. The Labute approximate surface area is 78.4 Å². The summed E-state index contributed by atoms with van der Waals surface area (Å²) in [6.07, 6.45) is 1.58. The van der Waals surface area contributed by atoms with Crippen LogP contribution in [-0.2, 0) is 16.3 Å². The molecule has 0 N–H and O–H groups in total. The molecule has 0 aliphatic carbocycles. The summed E-state index contributed by atoms with van der Waals surface area (Å²) in [6, 6.07) is 9.80. The van der Waals surface area contributed by atoms with Gasteiger partial charge in [-0.3, -0.25) is 6.58 Å². The van der Waals surface area contributed by atoms with Gasteiger partial charge in [-0.1, -0.05) is 18.2 Å². The molecule has 0 heterocycles. The predicted molar refractivity (Wildman–Crippen MR) is 44.1 cm³/mol. The molecule has 10 heavy (non-hydrogen) atoms. The molecule has 0 saturated heterocycles. The molecule has 1 aromatic rings. The fourth-order valence-corrected chi connectivity index (χ4v) is 0.564. The van der Waals surface area contributed by atoms with Gasteiger partial charge in [-0.15, -0.1) is 12.1 Å². The van der Waals surface area contributed by atoms with Crippen molar-refractivity contribution in [3.8, 4) is 0 Å². The van der Waals surface area contributed by atoms with E-state index in [1.54, 1.807) is 6.08 Å². The van der Waals surface area contributed by atoms with Crippen molar-refractivity contribution < 1.29 is 16.3 Å². The van der Waals surface area contributed by atoms with Crippen LogP contribution >= 0.6 is 13.6 Å². The summed E-state index contributed by atoms with van der Waals surface area (Å²) in [5.41, 5.74) is 1.06. The Morgan fingerprint density at radius 1 is 1.20 bits per heavy atom. The quantitative estimate of drug-likeness (QED) is 0.529. The van der Waals surface area contributed by atoms with Crippen LogP contribution in [0.4, 0.5) is 0 Å². The third-order valence-electron chi connectivity index (χ3n) is 0.992. The molecule has 0 aliphatic heterocycles. The monoisotopic (exact) mass is 246 g/mol. The Bertz CT molecular complexity index is 172. The molecule has 2 heteroatoms. The molecule has 0 spiro atoms. The molecule has 48 valence electrons. The summed E-state index contributed by atoms with van der Waals surface area (Å²) in [7, 11) is 0. The van der Waals surface area contributed by atoms with E-state index in [1.807, 2.05) is 30.3 Å². The third kappa shape index (κ3) is 3.97. The molecule has 0 aromatic heterocycles. The zero-order valence-corrected chi connectivity index (χ0v) is 10.2. The van der Waals surface area contributed by atoms with E-state index in [1.165, 1.54) is 16.3 Å². The van der Waals surface area contributed by atoms with E-state index >= 15 is 0 Å². The number of rotatable bonds is 1. The molecule has 0 amide bonds. The first kappa shape index (κ1) is 10.1. The van der Waals surface area contributed by atoms with Crippen molar-refractivity contribution >= 4 is 19.7 Å². The first-order valence-electron chi connectivity index (χ1n) is 2.80. The van der Waals surface area contributed by atoms with Gasteiger partial charge in [-0.05, 0) is 0 Å². The molecule has 0 unspecified atom stereocenters. The fraction of sp³-hybridized carbons (Fsp3) is 0. The zero-order chi connectivity index (χ0) is 7.82. The molecule has 0 radical (unpaired) electrons. The van der Waals surface area contributed by atoms with Crippen LogP contribution in [0.2, 0.25) is 0 Å². The van der Waals surface area contributed by atoms with Crippen LogP contribution in [0.25, 0.3) is 6.08 Å². The van der Waals surface area contributed by atoms with E-state index in [-0.39, 0.29) is 0 Å². The van der Waals surface area contributed by atoms with Crippen LogP contribution < -0.4 is 0 Å². The second-order valence-electron chi connectivity index (χ2n) is 1.58. The van der Waals surface area contributed by atoms with Crippen LogP contribution in [-0.4, -0.2) is 0 Å². The van der Waals surface area contributed by atoms with Gasteiger partial charge in [0.15, 0.2) is 0 Å². The SMILES string of the molecule is [CH-]=Cc1ccccc1.[Zn+][Br]. The Balaban J connectivity index is 0.000000371. The van der Waals surface area contributed by atoms with Gasteiger partial charge >= 0.3 is 30.0 Å². The Morgan fingerprint density at radius 3 is 2.00 bits per heavy atom.